The lowest BCUT2D eigenvalue weighted by Crippen LogP contribution is -2.57. The Morgan fingerprint density at radius 2 is 2.06 bits per heavy atom. The second kappa shape index (κ2) is 5.17. The van der Waals surface area contributed by atoms with E-state index >= 15 is 0 Å². The first-order chi connectivity index (χ1) is 8.39. The summed E-state index contributed by atoms with van der Waals surface area (Å²) in [4.78, 5) is 14.1. The van der Waals surface area contributed by atoms with Crippen LogP contribution in [0.4, 0.5) is 0 Å². The molecule has 0 aromatic rings. The van der Waals surface area contributed by atoms with E-state index in [1.165, 1.54) is 0 Å². The maximum atomic E-state index is 12.4. The van der Waals surface area contributed by atoms with Crippen LogP contribution in [0.5, 0.6) is 0 Å². The van der Waals surface area contributed by atoms with E-state index in [2.05, 4.69) is 12.2 Å². The molecule has 0 aromatic carbocycles. The molecule has 104 valence electrons. The third-order valence-corrected chi connectivity index (χ3v) is 5.71. The number of carbonyl (C=O) groups is 1. The minimum absolute atomic E-state index is 0.0731. The Kier molecular flexibility index (Phi) is 3.96. The van der Waals surface area contributed by atoms with E-state index in [0.717, 1.165) is 19.4 Å². The van der Waals surface area contributed by atoms with Crippen molar-refractivity contribution in [2.75, 3.05) is 24.6 Å². The summed E-state index contributed by atoms with van der Waals surface area (Å²) >= 11 is 0. The second-order valence-corrected chi connectivity index (χ2v) is 7.86. The number of piperidine rings is 1. The Labute approximate surface area is 109 Å². The normalized spacial score (nSPS) is 36.3. The van der Waals surface area contributed by atoms with Crippen LogP contribution in [-0.4, -0.2) is 55.9 Å². The quantitative estimate of drug-likeness (QED) is 0.732. The van der Waals surface area contributed by atoms with E-state index in [0.29, 0.717) is 12.5 Å². The Morgan fingerprint density at radius 1 is 1.33 bits per heavy atom. The van der Waals surface area contributed by atoms with E-state index < -0.39 is 9.84 Å². The van der Waals surface area contributed by atoms with Gasteiger partial charge in [0.15, 0.2) is 9.84 Å². The van der Waals surface area contributed by atoms with E-state index in [9.17, 15) is 13.2 Å². The summed E-state index contributed by atoms with van der Waals surface area (Å²) < 4.78 is 23.0. The highest BCUT2D eigenvalue weighted by Crippen LogP contribution is 2.19. The number of nitrogens with zero attached hydrogens (tertiary/aromatic N) is 1. The highest BCUT2D eigenvalue weighted by Gasteiger charge is 2.35. The number of amides is 1. The van der Waals surface area contributed by atoms with Crippen LogP contribution < -0.4 is 5.32 Å². The van der Waals surface area contributed by atoms with Crippen molar-refractivity contribution < 1.29 is 13.2 Å². The molecule has 18 heavy (non-hydrogen) atoms. The second-order valence-electron chi connectivity index (χ2n) is 5.63. The standard InChI is InChI=1S/C12H22N2O3S/c1-9-3-4-13-11(7-9)12(15)14-5-6-18(16,17)8-10(14)2/h9-11,13H,3-8H2,1-2H3. The maximum Gasteiger partial charge on any atom is 0.240 e. The van der Waals surface area contributed by atoms with Crippen LogP contribution in [0.15, 0.2) is 0 Å². The summed E-state index contributed by atoms with van der Waals surface area (Å²) in [5, 5.41) is 3.25. The summed E-state index contributed by atoms with van der Waals surface area (Å²) in [5.74, 6) is 0.833. The van der Waals surface area contributed by atoms with Gasteiger partial charge in [0.1, 0.15) is 0 Å². The van der Waals surface area contributed by atoms with Crippen LogP contribution in [0.3, 0.4) is 0 Å². The number of hydrogen-bond acceptors (Lipinski definition) is 4. The van der Waals surface area contributed by atoms with Crippen LogP contribution in [0, 0.1) is 5.92 Å². The van der Waals surface area contributed by atoms with Crippen LogP contribution in [0.1, 0.15) is 26.7 Å². The molecule has 2 heterocycles. The first-order valence-electron chi connectivity index (χ1n) is 6.63. The van der Waals surface area contributed by atoms with Gasteiger partial charge in [-0.05, 0) is 32.2 Å². The lowest BCUT2D eigenvalue weighted by Gasteiger charge is -2.37. The van der Waals surface area contributed by atoms with Crippen molar-refractivity contribution in [1.82, 2.24) is 10.2 Å². The predicted octanol–water partition coefficient (Wildman–Crippen LogP) is 0.0200. The van der Waals surface area contributed by atoms with Crippen molar-refractivity contribution in [1.29, 1.82) is 0 Å². The van der Waals surface area contributed by atoms with Gasteiger partial charge < -0.3 is 10.2 Å². The average Bonchev–Trinajstić information content (AvgIpc) is 2.27. The fraction of sp³-hybridized carbons (Fsp3) is 0.917. The number of hydrogen-bond donors (Lipinski definition) is 1. The molecule has 5 nitrogen and oxygen atoms in total. The number of carbonyl (C=O) groups excluding carboxylic acids is 1. The molecule has 3 atom stereocenters. The summed E-state index contributed by atoms with van der Waals surface area (Å²) in [5.41, 5.74) is 0. The molecule has 0 aromatic heterocycles. The van der Waals surface area contributed by atoms with Gasteiger partial charge in [0.2, 0.25) is 5.91 Å². The largest absolute Gasteiger partial charge is 0.337 e. The zero-order valence-corrected chi connectivity index (χ0v) is 11.9. The summed E-state index contributed by atoms with van der Waals surface area (Å²) in [6.45, 7) is 5.19. The molecule has 1 N–H and O–H groups in total. The smallest absolute Gasteiger partial charge is 0.240 e. The molecular weight excluding hydrogens is 252 g/mol. The Morgan fingerprint density at radius 3 is 2.67 bits per heavy atom. The van der Waals surface area contributed by atoms with Gasteiger partial charge in [-0.25, -0.2) is 8.42 Å². The SMILES string of the molecule is CC1CCNC(C(=O)N2CCS(=O)(=O)CC2C)C1. The molecule has 0 radical (unpaired) electrons. The third kappa shape index (κ3) is 3.03. The van der Waals surface area contributed by atoms with E-state index in [1.807, 2.05) is 6.92 Å². The van der Waals surface area contributed by atoms with E-state index in [-0.39, 0.29) is 29.5 Å². The summed E-state index contributed by atoms with van der Waals surface area (Å²) in [6, 6.07) is -0.327. The molecular formula is C12H22N2O3S. The third-order valence-electron chi connectivity index (χ3n) is 3.92. The molecule has 2 aliphatic heterocycles. The zero-order valence-electron chi connectivity index (χ0n) is 11.1. The van der Waals surface area contributed by atoms with Crippen molar-refractivity contribution in [2.45, 2.75) is 38.8 Å². The van der Waals surface area contributed by atoms with Crippen LogP contribution in [0.2, 0.25) is 0 Å². The van der Waals surface area contributed by atoms with Gasteiger partial charge in [-0.2, -0.15) is 0 Å². The van der Waals surface area contributed by atoms with Crippen LogP contribution >= 0.6 is 0 Å². The molecule has 3 unspecified atom stereocenters. The van der Waals surface area contributed by atoms with E-state index in [4.69, 9.17) is 0 Å². The van der Waals surface area contributed by atoms with Crippen LogP contribution in [-0.2, 0) is 14.6 Å². The number of sulfone groups is 1. The van der Waals surface area contributed by atoms with Gasteiger partial charge in [0, 0.05) is 12.6 Å². The predicted molar refractivity (Wildman–Crippen MR) is 70.0 cm³/mol. The Balaban J connectivity index is 2.01. The fourth-order valence-electron chi connectivity index (χ4n) is 2.82. The first kappa shape index (κ1) is 13.8. The highest BCUT2D eigenvalue weighted by atomic mass is 32.2. The number of nitrogens with one attached hydrogen (secondary N) is 1. The maximum absolute atomic E-state index is 12.4. The summed E-state index contributed by atoms with van der Waals surface area (Å²) in [6.07, 6.45) is 1.96. The molecule has 0 aliphatic carbocycles. The van der Waals surface area contributed by atoms with Gasteiger partial charge in [-0.1, -0.05) is 6.92 Å². The fourth-order valence-corrected chi connectivity index (χ4v) is 4.38. The lowest BCUT2D eigenvalue weighted by atomic mass is 9.93. The number of rotatable bonds is 1. The molecule has 0 spiro atoms. The lowest BCUT2D eigenvalue weighted by molar-refractivity contribution is -0.136. The molecule has 1 amide bonds. The van der Waals surface area contributed by atoms with Crippen molar-refractivity contribution in [3.05, 3.63) is 0 Å². The molecule has 2 aliphatic rings. The van der Waals surface area contributed by atoms with Gasteiger partial charge >= 0.3 is 0 Å². The zero-order chi connectivity index (χ0) is 13.3. The Hall–Kier alpha value is -0.620. The highest BCUT2D eigenvalue weighted by molar-refractivity contribution is 7.91. The van der Waals surface area contributed by atoms with Crippen molar-refractivity contribution in [2.24, 2.45) is 5.92 Å². The van der Waals surface area contributed by atoms with Gasteiger partial charge in [-0.3, -0.25) is 4.79 Å². The molecule has 0 saturated carbocycles. The van der Waals surface area contributed by atoms with Gasteiger partial charge in [0.05, 0.1) is 17.5 Å². The first-order valence-corrected chi connectivity index (χ1v) is 8.45. The van der Waals surface area contributed by atoms with Crippen molar-refractivity contribution in [3.8, 4) is 0 Å². The molecule has 2 saturated heterocycles. The minimum atomic E-state index is -2.95. The topological polar surface area (TPSA) is 66.5 Å². The van der Waals surface area contributed by atoms with Crippen LogP contribution in [0.25, 0.3) is 0 Å². The van der Waals surface area contributed by atoms with Crippen molar-refractivity contribution in [3.63, 3.8) is 0 Å². The van der Waals surface area contributed by atoms with Gasteiger partial charge in [0.25, 0.3) is 0 Å². The van der Waals surface area contributed by atoms with Crippen molar-refractivity contribution >= 4 is 15.7 Å². The molecule has 0 bridgehead atoms. The monoisotopic (exact) mass is 274 g/mol. The average molecular weight is 274 g/mol. The Bertz CT molecular complexity index is 421. The molecule has 6 heteroatoms. The molecule has 2 fully saturated rings. The van der Waals surface area contributed by atoms with E-state index in [1.54, 1.807) is 4.90 Å². The minimum Gasteiger partial charge on any atom is -0.337 e. The van der Waals surface area contributed by atoms with Gasteiger partial charge in [-0.15, -0.1) is 0 Å². The summed E-state index contributed by atoms with van der Waals surface area (Å²) in [7, 11) is -2.95. The molecule has 2 rings (SSSR count).